The van der Waals surface area contributed by atoms with E-state index < -0.39 is 35.1 Å². The minimum Gasteiger partial charge on any atom is -0.449 e. The molecule has 4 rings (SSSR count). The van der Waals surface area contributed by atoms with Gasteiger partial charge in [-0.3, -0.25) is 4.79 Å². The largest absolute Gasteiger partial charge is 0.449 e. The maximum absolute atomic E-state index is 15.2. The van der Waals surface area contributed by atoms with E-state index in [4.69, 9.17) is 9.47 Å². The number of halogens is 4. The molecule has 44 heavy (non-hydrogen) atoms. The standard InChI is InChI=1S/C30H36F4N6O4/c1-4-5-13-44-29(42)40-17-20(18-40)43-14-7-11-39-12-10-24(28(41)38(3)25-9-6-8-23(31)26(25)39)37-27-21(16-35)22(30(32,33)34)15-19(2)36-27/h6,8-9,15,20,24H,4-5,7,10-14,17-18H2,1-3H3,(H,36,37)/t24-/m0/s1. The third-order valence-electron chi connectivity index (χ3n) is 7.59. The molecule has 0 unspecified atom stereocenters. The summed E-state index contributed by atoms with van der Waals surface area (Å²) in [6, 6.07) is 5.69. The summed E-state index contributed by atoms with van der Waals surface area (Å²) in [5.74, 6) is -1.37. The van der Waals surface area contributed by atoms with Crippen molar-refractivity contribution >= 4 is 29.2 Å². The summed E-state index contributed by atoms with van der Waals surface area (Å²) in [6.45, 7) is 5.53. The summed E-state index contributed by atoms with van der Waals surface area (Å²) >= 11 is 0. The van der Waals surface area contributed by atoms with Crippen molar-refractivity contribution in [1.29, 1.82) is 5.26 Å². The van der Waals surface area contributed by atoms with Crippen LogP contribution in [0.15, 0.2) is 24.3 Å². The first-order chi connectivity index (χ1) is 20.9. The predicted octanol–water partition coefficient (Wildman–Crippen LogP) is 5.10. The summed E-state index contributed by atoms with van der Waals surface area (Å²) in [5.41, 5.74) is -1.28. The Balaban J connectivity index is 1.44. The van der Waals surface area contributed by atoms with Crippen LogP contribution >= 0.6 is 0 Å². The van der Waals surface area contributed by atoms with Crippen molar-refractivity contribution in [1.82, 2.24) is 9.88 Å². The van der Waals surface area contributed by atoms with Gasteiger partial charge in [-0.25, -0.2) is 14.2 Å². The molecule has 0 spiro atoms. The minimum atomic E-state index is -4.79. The Bertz CT molecular complexity index is 1390. The first-order valence-electron chi connectivity index (χ1n) is 14.5. The number of carbonyl (C=O) groups excluding carboxylic acids is 2. The number of aryl methyl sites for hydroxylation is 1. The average Bonchev–Trinajstić information content (AvgIpc) is 2.95. The Morgan fingerprint density at radius 2 is 1.98 bits per heavy atom. The van der Waals surface area contributed by atoms with E-state index in [1.165, 1.54) is 31.0 Å². The molecule has 238 valence electrons. The number of hydrogen-bond donors (Lipinski definition) is 1. The molecule has 0 aliphatic carbocycles. The molecule has 1 atom stereocenters. The number of rotatable bonds is 10. The van der Waals surface area contributed by atoms with Gasteiger partial charge in [-0.1, -0.05) is 19.4 Å². The van der Waals surface area contributed by atoms with Crippen LogP contribution in [0.5, 0.6) is 0 Å². The summed E-state index contributed by atoms with van der Waals surface area (Å²) in [6.07, 6.45) is -2.93. The molecule has 10 nitrogen and oxygen atoms in total. The van der Waals surface area contributed by atoms with Crippen LogP contribution < -0.4 is 15.1 Å². The lowest BCUT2D eigenvalue weighted by Gasteiger charge is -2.38. The molecule has 2 aliphatic heterocycles. The van der Waals surface area contributed by atoms with Crippen molar-refractivity contribution in [3.05, 3.63) is 46.9 Å². The lowest BCUT2D eigenvalue weighted by Crippen LogP contribution is -2.55. The molecule has 1 fully saturated rings. The summed E-state index contributed by atoms with van der Waals surface area (Å²) in [5, 5.41) is 12.3. The maximum atomic E-state index is 15.2. The number of likely N-dealkylation sites (tertiary alicyclic amines) is 1. The second-order valence-corrected chi connectivity index (χ2v) is 10.8. The van der Waals surface area contributed by atoms with E-state index in [9.17, 15) is 28.0 Å². The van der Waals surface area contributed by atoms with Crippen LogP contribution in [0.1, 0.15) is 49.4 Å². The third kappa shape index (κ3) is 7.50. The van der Waals surface area contributed by atoms with Gasteiger partial charge in [0.05, 0.1) is 42.7 Å². The number of benzene rings is 1. The number of ether oxygens (including phenoxy) is 2. The van der Waals surface area contributed by atoms with Crippen molar-refractivity contribution in [3.8, 4) is 6.07 Å². The Labute approximate surface area is 253 Å². The van der Waals surface area contributed by atoms with Crippen LogP contribution in [0.4, 0.5) is 39.5 Å². The molecule has 2 amide bonds. The molecule has 1 N–H and O–H groups in total. The average molecular weight is 621 g/mol. The van der Waals surface area contributed by atoms with E-state index in [0.29, 0.717) is 45.0 Å². The van der Waals surface area contributed by atoms with E-state index >= 15 is 4.39 Å². The highest BCUT2D eigenvalue weighted by Crippen LogP contribution is 2.37. The smallest absolute Gasteiger partial charge is 0.417 e. The highest BCUT2D eigenvalue weighted by Gasteiger charge is 2.37. The van der Waals surface area contributed by atoms with Crippen LogP contribution in [-0.4, -0.2) is 80.5 Å². The number of likely N-dealkylation sites (N-methyl/N-ethyl adjacent to an activating group) is 1. The molecule has 0 saturated carbocycles. The number of para-hydroxylation sites is 1. The number of nitrogens with zero attached hydrogens (tertiary/aromatic N) is 5. The number of amides is 2. The molecule has 2 aliphatic rings. The fourth-order valence-corrected chi connectivity index (χ4v) is 5.19. The van der Waals surface area contributed by atoms with Crippen molar-refractivity contribution in [3.63, 3.8) is 0 Å². The van der Waals surface area contributed by atoms with Crippen molar-refractivity contribution in [2.45, 2.75) is 57.9 Å². The van der Waals surface area contributed by atoms with E-state index in [1.807, 2.05) is 6.92 Å². The fourth-order valence-electron chi connectivity index (χ4n) is 5.19. The lowest BCUT2D eigenvalue weighted by molar-refractivity contribution is -0.137. The second-order valence-electron chi connectivity index (χ2n) is 10.8. The first-order valence-corrected chi connectivity index (χ1v) is 14.5. The highest BCUT2D eigenvalue weighted by molar-refractivity contribution is 6.01. The molecule has 1 saturated heterocycles. The SMILES string of the molecule is CCCCOC(=O)N1CC(OCCCN2CC[C@H](Nc3nc(C)cc(C(F)(F)F)c3C#N)C(=O)N(C)c3cccc(F)c32)C1. The van der Waals surface area contributed by atoms with Crippen LogP contribution in [0, 0.1) is 24.1 Å². The predicted molar refractivity (Wildman–Crippen MR) is 155 cm³/mol. The number of carbonyl (C=O) groups is 2. The topological polar surface area (TPSA) is 111 Å². The fraction of sp³-hybridized carbons (Fsp3) is 0.533. The van der Waals surface area contributed by atoms with Gasteiger partial charge in [-0.05, 0) is 44.4 Å². The zero-order valence-corrected chi connectivity index (χ0v) is 24.9. The van der Waals surface area contributed by atoms with Gasteiger partial charge in [-0.2, -0.15) is 18.4 Å². The number of nitrogens with one attached hydrogen (secondary N) is 1. The summed E-state index contributed by atoms with van der Waals surface area (Å²) < 4.78 is 67.3. The highest BCUT2D eigenvalue weighted by atomic mass is 19.4. The van der Waals surface area contributed by atoms with Gasteiger partial charge in [0.25, 0.3) is 0 Å². The van der Waals surface area contributed by atoms with Gasteiger partial charge in [0, 0.05) is 32.4 Å². The number of alkyl halides is 3. The summed E-state index contributed by atoms with van der Waals surface area (Å²) in [4.78, 5) is 34.2. The quantitative estimate of drug-likeness (QED) is 0.289. The zero-order valence-electron chi connectivity index (χ0n) is 24.9. The van der Waals surface area contributed by atoms with Gasteiger partial charge in [0.2, 0.25) is 5.91 Å². The number of unbranched alkanes of at least 4 members (excludes halogenated alkanes) is 1. The monoisotopic (exact) mass is 620 g/mol. The molecule has 14 heteroatoms. The van der Waals surface area contributed by atoms with Crippen molar-refractivity contribution < 1.29 is 36.6 Å². The molecule has 0 radical (unpaired) electrons. The second kappa shape index (κ2) is 14.1. The third-order valence-corrected chi connectivity index (χ3v) is 7.59. The number of pyridine rings is 1. The van der Waals surface area contributed by atoms with Gasteiger partial charge in [0.15, 0.2) is 0 Å². The molecule has 1 aromatic carbocycles. The van der Waals surface area contributed by atoms with E-state index in [0.717, 1.165) is 18.9 Å². The Morgan fingerprint density at radius 3 is 2.66 bits per heavy atom. The van der Waals surface area contributed by atoms with Crippen LogP contribution in [0.3, 0.4) is 0 Å². The maximum Gasteiger partial charge on any atom is 0.417 e. The van der Waals surface area contributed by atoms with Crippen LogP contribution in [0.25, 0.3) is 0 Å². The lowest BCUT2D eigenvalue weighted by atomic mass is 10.0. The van der Waals surface area contributed by atoms with E-state index in [-0.39, 0.29) is 42.4 Å². The van der Waals surface area contributed by atoms with Crippen molar-refractivity contribution in [2.75, 3.05) is 61.6 Å². The molecule has 1 aromatic heterocycles. The molecule has 2 aromatic rings. The number of nitriles is 1. The Morgan fingerprint density at radius 1 is 1.23 bits per heavy atom. The number of aromatic nitrogens is 1. The van der Waals surface area contributed by atoms with E-state index in [2.05, 4.69) is 10.3 Å². The number of anilines is 3. The van der Waals surface area contributed by atoms with E-state index in [1.54, 1.807) is 21.9 Å². The molecule has 3 heterocycles. The Hall–Kier alpha value is -4.12. The normalized spacial score (nSPS) is 17.4. The van der Waals surface area contributed by atoms with Gasteiger partial charge in [0.1, 0.15) is 29.3 Å². The van der Waals surface area contributed by atoms with Gasteiger partial charge in [-0.15, -0.1) is 0 Å². The zero-order chi connectivity index (χ0) is 32.0. The number of fused-ring (bicyclic) bond motifs is 1. The molecular formula is C30H36F4N6O4. The van der Waals surface area contributed by atoms with Crippen molar-refractivity contribution in [2.24, 2.45) is 0 Å². The first kappa shape index (κ1) is 32.8. The van der Waals surface area contributed by atoms with Gasteiger partial charge >= 0.3 is 12.3 Å². The number of hydrogen-bond acceptors (Lipinski definition) is 8. The Kier molecular flexibility index (Phi) is 10.5. The molecule has 0 bridgehead atoms. The summed E-state index contributed by atoms with van der Waals surface area (Å²) in [7, 11) is 1.47. The van der Waals surface area contributed by atoms with Crippen LogP contribution in [0.2, 0.25) is 0 Å². The van der Waals surface area contributed by atoms with Crippen LogP contribution in [-0.2, 0) is 20.4 Å². The minimum absolute atomic E-state index is 0.0301. The van der Waals surface area contributed by atoms with Gasteiger partial charge < -0.3 is 29.5 Å². The molecular weight excluding hydrogens is 584 g/mol.